The molecule has 2 aromatic carbocycles. The number of fused-ring (bicyclic) bond motifs is 1. The lowest BCUT2D eigenvalue weighted by Gasteiger charge is -2.12. The molecule has 0 fully saturated rings. The van der Waals surface area contributed by atoms with E-state index in [4.69, 9.17) is 9.47 Å². The number of rotatable bonds is 6. The summed E-state index contributed by atoms with van der Waals surface area (Å²) in [6.45, 7) is 2.10. The molecular formula is C18H17N3O4S. The number of thiazole rings is 1. The van der Waals surface area contributed by atoms with E-state index in [2.05, 4.69) is 15.8 Å². The molecule has 134 valence electrons. The Morgan fingerprint density at radius 1 is 1.08 bits per heavy atom. The first-order valence-electron chi connectivity index (χ1n) is 7.94. The molecule has 1 heterocycles. The second-order valence-electron chi connectivity index (χ2n) is 5.21. The maximum atomic E-state index is 12.1. The normalized spacial score (nSPS) is 10.3. The van der Waals surface area contributed by atoms with Crippen LogP contribution in [0.3, 0.4) is 0 Å². The number of hydrogen-bond donors (Lipinski definition) is 2. The largest absolute Gasteiger partial charge is 0.490 e. The minimum Gasteiger partial charge on any atom is -0.490 e. The molecule has 0 saturated carbocycles. The van der Waals surface area contributed by atoms with E-state index in [0.717, 1.165) is 10.2 Å². The van der Waals surface area contributed by atoms with Gasteiger partial charge >= 0.3 is 0 Å². The Hall–Kier alpha value is -3.13. The van der Waals surface area contributed by atoms with E-state index in [0.29, 0.717) is 23.7 Å². The van der Waals surface area contributed by atoms with Gasteiger partial charge in [0.15, 0.2) is 18.1 Å². The van der Waals surface area contributed by atoms with Gasteiger partial charge in [-0.25, -0.2) is 4.98 Å². The number of nitrogens with one attached hydrogen (secondary N) is 2. The van der Waals surface area contributed by atoms with E-state index < -0.39 is 11.8 Å². The molecule has 3 rings (SSSR count). The second-order valence-corrected chi connectivity index (χ2v) is 6.09. The van der Waals surface area contributed by atoms with Crippen molar-refractivity contribution in [1.82, 2.24) is 15.8 Å². The van der Waals surface area contributed by atoms with E-state index >= 15 is 0 Å². The lowest BCUT2D eigenvalue weighted by atomic mass is 10.2. The number of hydrazine groups is 1. The van der Waals surface area contributed by atoms with Gasteiger partial charge in [0.05, 0.1) is 22.3 Å². The zero-order chi connectivity index (χ0) is 18.4. The Morgan fingerprint density at radius 3 is 2.62 bits per heavy atom. The molecule has 8 heteroatoms. The quantitative estimate of drug-likeness (QED) is 0.650. The van der Waals surface area contributed by atoms with Crippen LogP contribution in [0.1, 0.15) is 17.3 Å². The van der Waals surface area contributed by atoms with Crippen LogP contribution in [0, 0.1) is 0 Å². The van der Waals surface area contributed by atoms with Gasteiger partial charge in [0.2, 0.25) is 0 Å². The van der Waals surface area contributed by atoms with Crippen LogP contribution in [-0.4, -0.2) is 30.0 Å². The summed E-state index contributed by atoms with van der Waals surface area (Å²) in [6, 6.07) is 12.2. The molecule has 0 aliphatic rings. The van der Waals surface area contributed by atoms with Crippen molar-refractivity contribution in [3.05, 3.63) is 53.5 Å². The molecular weight excluding hydrogens is 354 g/mol. The third-order valence-electron chi connectivity index (χ3n) is 3.42. The minimum atomic E-state index is -0.483. The van der Waals surface area contributed by atoms with Crippen molar-refractivity contribution in [1.29, 1.82) is 0 Å². The molecule has 0 bridgehead atoms. The van der Waals surface area contributed by atoms with Crippen LogP contribution in [0.25, 0.3) is 10.2 Å². The van der Waals surface area contributed by atoms with Crippen molar-refractivity contribution in [2.45, 2.75) is 6.92 Å². The first-order chi connectivity index (χ1) is 12.7. The molecule has 2 amide bonds. The van der Waals surface area contributed by atoms with Crippen LogP contribution in [0.5, 0.6) is 11.5 Å². The molecule has 0 aliphatic heterocycles. The molecule has 2 N–H and O–H groups in total. The number of carbonyl (C=O) groups excluding carboxylic acids is 2. The molecule has 1 aromatic heterocycles. The SMILES string of the molecule is CCOc1ccccc1OCC(=O)NNC(=O)c1ccc2ncsc2c1. The first-order valence-corrected chi connectivity index (χ1v) is 8.82. The number of ether oxygens (including phenoxy) is 2. The highest BCUT2D eigenvalue weighted by Gasteiger charge is 2.10. The van der Waals surface area contributed by atoms with Crippen molar-refractivity contribution in [2.24, 2.45) is 0 Å². The Kier molecular flexibility index (Phi) is 5.65. The number of aromatic nitrogens is 1. The van der Waals surface area contributed by atoms with E-state index in [1.54, 1.807) is 41.9 Å². The third kappa shape index (κ3) is 4.28. The molecule has 3 aromatic rings. The second kappa shape index (κ2) is 8.30. The molecule has 26 heavy (non-hydrogen) atoms. The van der Waals surface area contributed by atoms with Gasteiger partial charge in [-0.15, -0.1) is 11.3 Å². The summed E-state index contributed by atoms with van der Waals surface area (Å²) in [6.07, 6.45) is 0. The van der Waals surface area contributed by atoms with Gasteiger partial charge in [-0.1, -0.05) is 12.1 Å². The van der Waals surface area contributed by atoms with Crippen LogP contribution in [0.4, 0.5) is 0 Å². The van der Waals surface area contributed by atoms with Crippen molar-refractivity contribution >= 4 is 33.4 Å². The molecule has 0 atom stereocenters. The van der Waals surface area contributed by atoms with Crippen LogP contribution in [0.2, 0.25) is 0 Å². The minimum absolute atomic E-state index is 0.252. The van der Waals surface area contributed by atoms with Crippen molar-refractivity contribution in [3.8, 4) is 11.5 Å². The smallest absolute Gasteiger partial charge is 0.276 e. The highest BCUT2D eigenvalue weighted by molar-refractivity contribution is 7.16. The molecule has 0 radical (unpaired) electrons. The van der Waals surface area contributed by atoms with E-state index in [9.17, 15) is 9.59 Å². The fraction of sp³-hybridized carbons (Fsp3) is 0.167. The first kappa shape index (κ1) is 17.7. The number of nitrogens with zero attached hydrogens (tertiary/aromatic N) is 1. The fourth-order valence-corrected chi connectivity index (χ4v) is 2.93. The zero-order valence-corrected chi connectivity index (χ0v) is 14.8. The lowest BCUT2D eigenvalue weighted by molar-refractivity contribution is -0.123. The third-order valence-corrected chi connectivity index (χ3v) is 4.21. The summed E-state index contributed by atoms with van der Waals surface area (Å²) in [5.41, 5.74) is 7.67. The maximum absolute atomic E-state index is 12.1. The van der Waals surface area contributed by atoms with E-state index in [1.807, 2.05) is 13.0 Å². The number of hydrogen-bond acceptors (Lipinski definition) is 6. The number of amides is 2. The van der Waals surface area contributed by atoms with Crippen molar-refractivity contribution in [3.63, 3.8) is 0 Å². The van der Waals surface area contributed by atoms with Crippen molar-refractivity contribution < 1.29 is 19.1 Å². The topological polar surface area (TPSA) is 89.5 Å². The molecule has 0 unspecified atom stereocenters. The highest BCUT2D eigenvalue weighted by Crippen LogP contribution is 2.26. The average molecular weight is 371 g/mol. The van der Waals surface area contributed by atoms with Crippen LogP contribution < -0.4 is 20.3 Å². The standard InChI is InChI=1S/C18H17N3O4S/c1-2-24-14-5-3-4-6-15(14)25-10-17(22)20-21-18(23)12-7-8-13-16(9-12)26-11-19-13/h3-9,11H,2,10H2,1H3,(H,20,22)(H,21,23). The average Bonchev–Trinajstić information content (AvgIpc) is 3.13. The van der Waals surface area contributed by atoms with Gasteiger partial charge in [0.25, 0.3) is 11.8 Å². The predicted octanol–water partition coefficient (Wildman–Crippen LogP) is 2.54. The van der Waals surface area contributed by atoms with E-state index in [1.165, 1.54) is 11.3 Å². The van der Waals surface area contributed by atoms with Crippen LogP contribution >= 0.6 is 11.3 Å². The predicted molar refractivity (Wildman–Crippen MR) is 98.3 cm³/mol. The van der Waals surface area contributed by atoms with E-state index in [-0.39, 0.29) is 6.61 Å². The summed E-state index contributed by atoms with van der Waals surface area (Å²) < 4.78 is 11.8. The Bertz CT molecular complexity index is 925. The monoisotopic (exact) mass is 371 g/mol. The Labute approximate surface area is 153 Å². The molecule has 0 aliphatic carbocycles. The summed E-state index contributed by atoms with van der Waals surface area (Å²) in [7, 11) is 0. The molecule has 7 nitrogen and oxygen atoms in total. The van der Waals surface area contributed by atoms with Gasteiger partial charge < -0.3 is 9.47 Å². The summed E-state index contributed by atoms with van der Waals surface area (Å²) in [5, 5.41) is 0. The molecule has 0 saturated heterocycles. The van der Waals surface area contributed by atoms with Crippen molar-refractivity contribution in [2.75, 3.05) is 13.2 Å². The summed E-state index contributed by atoms with van der Waals surface area (Å²) in [5.74, 6) is 0.128. The number of para-hydroxylation sites is 2. The summed E-state index contributed by atoms with van der Waals surface area (Å²) >= 11 is 1.44. The molecule has 0 spiro atoms. The van der Waals surface area contributed by atoms with Gasteiger partial charge in [0.1, 0.15) is 0 Å². The zero-order valence-electron chi connectivity index (χ0n) is 14.0. The van der Waals surface area contributed by atoms with Crippen LogP contribution in [-0.2, 0) is 4.79 Å². The van der Waals surface area contributed by atoms with Crippen LogP contribution in [0.15, 0.2) is 48.0 Å². The number of carbonyl (C=O) groups is 2. The van der Waals surface area contributed by atoms with Gasteiger partial charge in [-0.2, -0.15) is 0 Å². The Morgan fingerprint density at radius 2 is 1.85 bits per heavy atom. The highest BCUT2D eigenvalue weighted by atomic mass is 32.1. The van der Waals surface area contributed by atoms with Gasteiger partial charge in [0, 0.05) is 5.56 Å². The number of benzene rings is 2. The Balaban J connectivity index is 1.51. The van der Waals surface area contributed by atoms with Gasteiger partial charge in [-0.05, 0) is 37.3 Å². The fourth-order valence-electron chi connectivity index (χ4n) is 2.22. The van der Waals surface area contributed by atoms with Gasteiger partial charge in [-0.3, -0.25) is 20.4 Å². The lowest BCUT2D eigenvalue weighted by Crippen LogP contribution is -2.43. The maximum Gasteiger partial charge on any atom is 0.276 e. The summed E-state index contributed by atoms with van der Waals surface area (Å²) in [4.78, 5) is 28.2.